The Morgan fingerprint density at radius 2 is 2.19 bits per heavy atom. The lowest BCUT2D eigenvalue weighted by molar-refractivity contribution is 0.262. The third-order valence-corrected chi connectivity index (χ3v) is 6.91. The third kappa shape index (κ3) is 5.50. The Hall–Kier alpha value is -4.13. The van der Waals surface area contributed by atoms with Crippen molar-refractivity contribution in [2.24, 2.45) is 0 Å². The maximum atomic E-state index is 13.7. The van der Waals surface area contributed by atoms with Crippen molar-refractivity contribution in [3.05, 3.63) is 53.0 Å². The molecule has 0 saturated carbocycles. The van der Waals surface area contributed by atoms with Crippen LogP contribution in [0.25, 0.3) is 11.5 Å². The summed E-state index contributed by atoms with van der Waals surface area (Å²) in [4.78, 5) is 26.8. The molecule has 11 nitrogen and oxygen atoms in total. The van der Waals surface area contributed by atoms with Crippen LogP contribution in [-0.4, -0.2) is 48.9 Å². The average molecular weight is 524 g/mol. The van der Waals surface area contributed by atoms with Crippen LogP contribution in [0, 0.1) is 5.82 Å². The molecule has 3 N–H and O–H groups in total. The van der Waals surface area contributed by atoms with E-state index in [9.17, 15) is 9.18 Å². The van der Waals surface area contributed by atoms with Gasteiger partial charge in [-0.25, -0.2) is 24.1 Å². The fourth-order valence-electron chi connectivity index (χ4n) is 4.15. The number of ether oxygens (including phenoxy) is 1. The summed E-state index contributed by atoms with van der Waals surface area (Å²) in [6.07, 6.45) is 4.96. The monoisotopic (exact) mass is 523 g/mol. The van der Waals surface area contributed by atoms with Gasteiger partial charge in [-0.15, -0.1) is 10.2 Å². The van der Waals surface area contributed by atoms with Gasteiger partial charge in [0, 0.05) is 17.6 Å². The maximum absolute atomic E-state index is 13.7. The van der Waals surface area contributed by atoms with Crippen LogP contribution in [0.4, 0.5) is 26.0 Å². The number of fused-ring (bicyclic) bond motifs is 1. The minimum atomic E-state index is -0.451. The zero-order chi connectivity index (χ0) is 25.9. The van der Waals surface area contributed by atoms with E-state index in [0.717, 1.165) is 23.9 Å². The van der Waals surface area contributed by atoms with Crippen molar-refractivity contribution >= 4 is 34.1 Å². The van der Waals surface area contributed by atoms with Gasteiger partial charge in [0.1, 0.15) is 29.5 Å². The van der Waals surface area contributed by atoms with Gasteiger partial charge < -0.3 is 14.6 Å². The molecule has 1 aliphatic rings. The van der Waals surface area contributed by atoms with Crippen molar-refractivity contribution in [3.8, 4) is 17.4 Å². The number of thiazole rings is 1. The molecule has 2 amide bonds. The van der Waals surface area contributed by atoms with Crippen LogP contribution in [0.2, 0.25) is 0 Å². The topological polar surface area (TPSA) is 132 Å². The molecule has 4 aromatic rings. The number of nitrogens with zero attached hydrogens (tertiary/aromatic N) is 6. The van der Waals surface area contributed by atoms with Crippen LogP contribution in [-0.2, 0) is 12.8 Å². The van der Waals surface area contributed by atoms with Crippen LogP contribution >= 0.6 is 11.3 Å². The molecular weight excluding hydrogens is 497 g/mol. The van der Waals surface area contributed by atoms with Crippen LogP contribution in [0.1, 0.15) is 36.8 Å². The fourth-order valence-corrected chi connectivity index (χ4v) is 5.09. The number of carbonyl (C=O) groups excluding carboxylic acids is 1. The number of anilines is 3. The largest absolute Gasteiger partial charge is 0.481 e. The Morgan fingerprint density at radius 1 is 1.32 bits per heavy atom. The number of nitrogens with one attached hydrogen (secondary N) is 3. The number of hydrogen-bond acceptors (Lipinski definition) is 9. The molecule has 0 fully saturated rings. The molecule has 1 aliphatic heterocycles. The molecule has 37 heavy (non-hydrogen) atoms. The Kier molecular flexibility index (Phi) is 6.95. The molecule has 1 unspecified atom stereocenters. The standard InChI is InChI=1S/C24H26FN9O2S/c1-13(2)34-12-27-33-21(34)17-5-4-6-19(29-17)30-23(35)32-24-31-20-18(37-24)8-7-16(28-20)10-14-9-15(25)11-26-22(14)36-3/h4-6,9,11-13,16,28H,7-8,10H2,1-3H3,(H2,29,30,31,32,35). The summed E-state index contributed by atoms with van der Waals surface area (Å²) in [6.45, 7) is 4.06. The molecule has 0 spiro atoms. The number of aryl methyl sites for hydroxylation is 1. The summed E-state index contributed by atoms with van der Waals surface area (Å²) in [5.41, 5.74) is 1.30. The van der Waals surface area contributed by atoms with Gasteiger partial charge in [0.05, 0.1) is 18.2 Å². The number of urea groups is 1. The number of rotatable bonds is 7. The minimum Gasteiger partial charge on any atom is -0.481 e. The number of aromatic nitrogens is 6. The molecule has 192 valence electrons. The molecule has 0 bridgehead atoms. The molecule has 0 aromatic carbocycles. The van der Waals surface area contributed by atoms with Gasteiger partial charge in [-0.1, -0.05) is 17.4 Å². The van der Waals surface area contributed by atoms with Gasteiger partial charge >= 0.3 is 6.03 Å². The highest BCUT2D eigenvalue weighted by Crippen LogP contribution is 2.34. The predicted molar refractivity (Wildman–Crippen MR) is 139 cm³/mol. The van der Waals surface area contributed by atoms with Crippen molar-refractivity contribution in [3.63, 3.8) is 0 Å². The summed E-state index contributed by atoms with van der Waals surface area (Å²) in [6, 6.07) is 6.51. The lowest BCUT2D eigenvalue weighted by Crippen LogP contribution is -2.27. The van der Waals surface area contributed by atoms with Crippen LogP contribution in [0.15, 0.2) is 36.8 Å². The van der Waals surface area contributed by atoms with Gasteiger partial charge in [0.15, 0.2) is 11.0 Å². The van der Waals surface area contributed by atoms with Crippen LogP contribution in [0.3, 0.4) is 0 Å². The van der Waals surface area contributed by atoms with Crippen molar-refractivity contribution in [2.75, 3.05) is 23.1 Å². The second-order valence-corrected chi connectivity index (χ2v) is 9.92. The average Bonchev–Trinajstić information content (AvgIpc) is 3.51. The molecule has 4 aromatic heterocycles. The number of hydrogen-bond donors (Lipinski definition) is 3. The highest BCUT2D eigenvalue weighted by molar-refractivity contribution is 7.16. The van der Waals surface area contributed by atoms with Gasteiger partial charge in [-0.3, -0.25) is 10.6 Å². The Morgan fingerprint density at radius 3 is 3.00 bits per heavy atom. The van der Waals surface area contributed by atoms with E-state index in [1.807, 2.05) is 24.5 Å². The summed E-state index contributed by atoms with van der Waals surface area (Å²) in [5.74, 6) is 1.73. The zero-order valence-electron chi connectivity index (χ0n) is 20.5. The summed E-state index contributed by atoms with van der Waals surface area (Å²) >= 11 is 1.41. The van der Waals surface area contributed by atoms with E-state index >= 15 is 0 Å². The summed E-state index contributed by atoms with van der Waals surface area (Å²) in [5, 5.41) is 17.5. The first-order valence-corrected chi connectivity index (χ1v) is 12.6. The first-order valence-electron chi connectivity index (χ1n) is 11.8. The Balaban J connectivity index is 1.22. The van der Waals surface area contributed by atoms with Crippen molar-refractivity contribution in [1.82, 2.24) is 29.7 Å². The van der Waals surface area contributed by atoms with E-state index in [1.54, 1.807) is 18.5 Å². The molecule has 13 heteroatoms. The first-order chi connectivity index (χ1) is 17.9. The third-order valence-electron chi connectivity index (χ3n) is 5.88. The van der Waals surface area contributed by atoms with Crippen molar-refractivity contribution < 1.29 is 13.9 Å². The number of amides is 2. The molecule has 5 heterocycles. The molecule has 0 aliphatic carbocycles. The van der Waals surface area contributed by atoms with E-state index in [0.29, 0.717) is 46.1 Å². The second kappa shape index (κ2) is 10.5. The number of pyridine rings is 2. The SMILES string of the molecule is COc1ncc(F)cc1CC1CCc2sc(NC(=O)Nc3cccc(-c4nncn4C(C)C)n3)nc2N1. The number of halogens is 1. The lowest BCUT2D eigenvalue weighted by Gasteiger charge is -2.24. The van der Waals surface area contributed by atoms with Gasteiger partial charge in [0.25, 0.3) is 0 Å². The Bertz CT molecular complexity index is 1420. The normalized spacial score (nSPS) is 14.7. The van der Waals surface area contributed by atoms with Crippen molar-refractivity contribution in [1.29, 1.82) is 0 Å². The van der Waals surface area contributed by atoms with Crippen LogP contribution < -0.4 is 20.7 Å². The highest BCUT2D eigenvalue weighted by atomic mass is 32.1. The summed E-state index contributed by atoms with van der Waals surface area (Å²) < 4.78 is 20.9. The zero-order valence-corrected chi connectivity index (χ0v) is 21.3. The predicted octanol–water partition coefficient (Wildman–Crippen LogP) is 4.53. The number of carbonyl (C=O) groups is 1. The molecule has 5 rings (SSSR count). The fraction of sp³-hybridized carbons (Fsp3) is 0.333. The maximum Gasteiger partial charge on any atom is 0.326 e. The van der Waals surface area contributed by atoms with E-state index in [2.05, 4.69) is 41.1 Å². The van der Waals surface area contributed by atoms with E-state index in [-0.39, 0.29) is 12.1 Å². The molecule has 1 atom stereocenters. The van der Waals surface area contributed by atoms with Gasteiger partial charge in [0.2, 0.25) is 5.88 Å². The van der Waals surface area contributed by atoms with Crippen molar-refractivity contribution in [2.45, 2.75) is 45.2 Å². The van der Waals surface area contributed by atoms with E-state index in [4.69, 9.17) is 4.74 Å². The van der Waals surface area contributed by atoms with E-state index in [1.165, 1.54) is 24.5 Å². The van der Waals surface area contributed by atoms with Gasteiger partial charge in [-0.05, 0) is 51.3 Å². The summed E-state index contributed by atoms with van der Waals surface area (Å²) in [7, 11) is 1.52. The molecular formula is C24H26FN9O2S. The smallest absolute Gasteiger partial charge is 0.326 e. The number of methoxy groups -OCH3 is 1. The molecule has 0 saturated heterocycles. The minimum absolute atomic E-state index is 0.0357. The molecule has 0 radical (unpaired) electrons. The second-order valence-electron chi connectivity index (χ2n) is 8.84. The quantitative estimate of drug-likeness (QED) is 0.322. The lowest BCUT2D eigenvalue weighted by atomic mass is 9.99. The Labute approximate surface area is 216 Å². The van der Waals surface area contributed by atoms with Crippen LogP contribution in [0.5, 0.6) is 5.88 Å². The highest BCUT2D eigenvalue weighted by Gasteiger charge is 2.24. The van der Waals surface area contributed by atoms with Gasteiger partial charge in [-0.2, -0.15) is 0 Å². The van der Waals surface area contributed by atoms with E-state index < -0.39 is 11.8 Å². The first kappa shape index (κ1) is 24.6.